The number of rotatable bonds is 4. The summed E-state index contributed by atoms with van der Waals surface area (Å²) in [4.78, 5) is 13.9. The summed E-state index contributed by atoms with van der Waals surface area (Å²) in [7, 11) is 2.95. The van der Waals surface area contributed by atoms with Crippen molar-refractivity contribution < 1.29 is 19.0 Å². The van der Waals surface area contributed by atoms with Crippen LogP contribution in [0.3, 0.4) is 0 Å². The van der Waals surface area contributed by atoms with Crippen molar-refractivity contribution >= 4 is 23.3 Å². The third kappa shape index (κ3) is 3.41. The van der Waals surface area contributed by atoms with Gasteiger partial charge in [-0.1, -0.05) is 11.6 Å². The molecular formula is C15H20ClNO4. The van der Waals surface area contributed by atoms with Crippen LogP contribution in [0, 0.1) is 0 Å². The number of benzene rings is 1. The second-order valence-corrected chi connectivity index (χ2v) is 5.30. The average molecular weight is 314 g/mol. The van der Waals surface area contributed by atoms with Gasteiger partial charge in [-0.3, -0.25) is 4.79 Å². The molecule has 0 saturated carbocycles. The lowest BCUT2D eigenvalue weighted by Crippen LogP contribution is -2.36. The van der Waals surface area contributed by atoms with E-state index >= 15 is 0 Å². The van der Waals surface area contributed by atoms with E-state index in [4.69, 9.17) is 25.8 Å². The predicted molar refractivity (Wildman–Crippen MR) is 81.5 cm³/mol. The Morgan fingerprint density at radius 1 is 1.33 bits per heavy atom. The predicted octanol–water partition coefficient (Wildman–Crippen LogP) is 2.46. The second kappa shape index (κ2) is 7.00. The molecule has 0 aromatic heterocycles. The molecule has 2 rings (SSSR count). The lowest BCUT2D eigenvalue weighted by Gasteiger charge is -2.30. The molecule has 116 valence electrons. The Labute approximate surface area is 129 Å². The Morgan fingerprint density at radius 2 is 2.00 bits per heavy atom. The molecule has 6 heteroatoms. The monoisotopic (exact) mass is 313 g/mol. The van der Waals surface area contributed by atoms with Gasteiger partial charge in [0.1, 0.15) is 5.75 Å². The normalized spacial score (nSPS) is 16.5. The van der Waals surface area contributed by atoms with Gasteiger partial charge in [0.05, 0.1) is 44.1 Å². The molecule has 1 atom stereocenters. The van der Waals surface area contributed by atoms with Crippen LogP contribution >= 0.6 is 11.6 Å². The Hall–Kier alpha value is -1.46. The van der Waals surface area contributed by atoms with Gasteiger partial charge >= 0.3 is 5.97 Å². The minimum atomic E-state index is -0.429. The summed E-state index contributed by atoms with van der Waals surface area (Å²) in [6.07, 6.45) is 0. The Morgan fingerprint density at radius 3 is 2.57 bits per heavy atom. The molecule has 0 amide bonds. The van der Waals surface area contributed by atoms with Gasteiger partial charge in [-0.15, -0.1) is 0 Å². The van der Waals surface area contributed by atoms with Crippen LogP contribution < -0.4 is 9.64 Å². The zero-order valence-corrected chi connectivity index (χ0v) is 13.3. The summed E-state index contributed by atoms with van der Waals surface area (Å²) < 4.78 is 15.6. The number of halogens is 1. The summed E-state index contributed by atoms with van der Waals surface area (Å²) in [5.41, 5.74) is 1.63. The SMILES string of the molecule is COC(=O)C(C)c1cc(Cl)c(N2CCOCC2)cc1OC. The van der Waals surface area contributed by atoms with Crippen LogP contribution in [0.25, 0.3) is 0 Å². The molecule has 0 radical (unpaired) electrons. The number of nitrogens with zero attached hydrogens (tertiary/aromatic N) is 1. The van der Waals surface area contributed by atoms with Gasteiger partial charge in [0.15, 0.2) is 0 Å². The highest BCUT2D eigenvalue weighted by atomic mass is 35.5. The lowest BCUT2D eigenvalue weighted by molar-refractivity contribution is -0.142. The van der Waals surface area contributed by atoms with E-state index in [1.165, 1.54) is 7.11 Å². The zero-order valence-electron chi connectivity index (χ0n) is 12.5. The quantitative estimate of drug-likeness (QED) is 0.799. The first-order valence-electron chi connectivity index (χ1n) is 6.86. The molecule has 1 unspecified atom stereocenters. The van der Waals surface area contributed by atoms with Gasteiger partial charge in [0.25, 0.3) is 0 Å². The maximum absolute atomic E-state index is 11.7. The van der Waals surface area contributed by atoms with E-state index in [2.05, 4.69) is 4.90 Å². The number of methoxy groups -OCH3 is 2. The standard InChI is InChI=1S/C15H20ClNO4/c1-10(15(18)20-3)11-8-12(16)13(9-14(11)19-2)17-4-6-21-7-5-17/h8-10H,4-7H2,1-3H3. The fourth-order valence-electron chi connectivity index (χ4n) is 2.42. The van der Waals surface area contributed by atoms with E-state index in [-0.39, 0.29) is 5.97 Å². The van der Waals surface area contributed by atoms with Crippen LogP contribution in [0.1, 0.15) is 18.4 Å². The molecule has 0 N–H and O–H groups in total. The molecule has 1 heterocycles. The van der Waals surface area contributed by atoms with Crippen molar-refractivity contribution in [1.29, 1.82) is 0 Å². The van der Waals surface area contributed by atoms with Crippen molar-refractivity contribution in [2.75, 3.05) is 45.4 Å². The molecule has 1 fully saturated rings. The van der Waals surface area contributed by atoms with E-state index < -0.39 is 5.92 Å². The van der Waals surface area contributed by atoms with Crippen molar-refractivity contribution in [3.8, 4) is 5.75 Å². The highest BCUT2D eigenvalue weighted by molar-refractivity contribution is 6.33. The third-order valence-corrected chi connectivity index (χ3v) is 3.97. The fourth-order valence-corrected chi connectivity index (χ4v) is 2.72. The highest BCUT2D eigenvalue weighted by Crippen LogP contribution is 2.37. The first kappa shape index (κ1) is 15.9. The molecule has 5 nitrogen and oxygen atoms in total. The average Bonchev–Trinajstić information content (AvgIpc) is 2.53. The molecule has 21 heavy (non-hydrogen) atoms. The van der Waals surface area contributed by atoms with Crippen LogP contribution in [0.15, 0.2) is 12.1 Å². The van der Waals surface area contributed by atoms with E-state index in [1.54, 1.807) is 20.1 Å². The number of carbonyl (C=O) groups excluding carboxylic acids is 1. The van der Waals surface area contributed by atoms with Crippen molar-refractivity contribution in [2.45, 2.75) is 12.8 Å². The smallest absolute Gasteiger partial charge is 0.312 e. The van der Waals surface area contributed by atoms with Crippen molar-refractivity contribution in [1.82, 2.24) is 0 Å². The molecule has 1 saturated heterocycles. The van der Waals surface area contributed by atoms with Gasteiger partial charge < -0.3 is 19.1 Å². The molecule has 1 aromatic carbocycles. The summed E-state index contributed by atoms with van der Waals surface area (Å²) >= 11 is 6.39. The minimum Gasteiger partial charge on any atom is -0.496 e. The summed E-state index contributed by atoms with van der Waals surface area (Å²) in [5.74, 6) is -0.108. The Bertz CT molecular complexity index is 515. The van der Waals surface area contributed by atoms with Crippen molar-refractivity contribution in [3.63, 3.8) is 0 Å². The first-order chi connectivity index (χ1) is 10.1. The van der Waals surface area contributed by atoms with Gasteiger partial charge in [0, 0.05) is 24.7 Å². The third-order valence-electron chi connectivity index (χ3n) is 3.67. The van der Waals surface area contributed by atoms with Gasteiger partial charge in [0.2, 0.25) is 0 Å². The van der Waals surface area contributed by atoms with Crippen LogP contribution in [-0.2, 0) is 14.3 Å². The Balaban J connectivity index is 2.36. The molecule has 1 aliphatic heterocycles. The maximum atomic E-state index is 11.7. The minimum absolute atomic E-state index is 0.316. The van der Waals surface area contributed by atoms with E-state index in [9.17, 15) is 4.79 Å². The van der Waals surface area contributed by atoms with E-state index in [0.29, 0.717) is 24.0 Å². The zero-order chi connectivity index (χ0) is 15.4. The molecule has 0 aliphatic carbocycles. The largest absolute Gasteiger partial charge is 0.496 e. The van der Waals surface area contributed by atoms with Gasteiger partial charge in [-0.2, -0.15) is 0 Å². The number of hydrogen-bond acceptors (Lipinski definition) is 5. The van der Waals surface area contributed by atoms with Gasteiger partial charge in [-0.05, 0) is 13.0 Å². The lowest BCUT2D eigenvalue weighted by atomic mass is 9.99. The Kier molecular flexibility index (Phi) is 5.31. The first-order valence-corrected chi connectivity index (χ1v) is 7.24. The van der Waals surface area contributed by atoms with E-state index in [0.717, 1.165) is 24.3 Å². The number of morpholine rings is 1. The van der Waals surface area contributed by atoms with Crippen LogP contribution in [0.2, 0.25) is 5.02 Å². The summed E-state index contributed by atoms with van der Waals surface area (Å²) in [6.45, 7) is 4.70. The summed E-state index contributed by atoms with van der Waals surface area (Å²) in [6, 6.07) is 3.66. The number of hydrogen-bond donors (Lipinski definition) is 0. The second-order valence-electron chi connectivity index (χ2n) is 4.89. The van der Waals surface area contributed by atoms with Crippen LogP contribution in [0.4, 0.5) is 5.69 Å². The molecule has 0 spiro atoms. The highest BCUT2D eigenvalue weighted by Gasteiger charge is 2.23. The fraction of sp³-hybridized carbons (Fsp3) is 0.533. The van der Waals surface area contributed by atoms with Gasteiger partial charge in [-0.25, -0.2) is 0 Å². The molecular weight excluding hydrogens is 294 g/mol. The number of carbonyl (C=O) groups is 1. The molecule has 1 aliphatic rings. The number of ether oxygens (including phenoxy) is 3. The molecule has 0 bridgehead atoms. The summed E-state index contributed by atoms with van der Waals surface area (Å²) in [5, 5.41) is 0.600. The van der Waals surface area contributed by atoms with Crippen LogP contribution in [0.5, 0.6) is 5.75 Å². The van der Waals surface area contributed by atoms with Crippen molar-refractivity contribution in [3.05, 3.63) is 22.7 Å². The topological polar surface area (TPSA) is 48.0 Å². The number of anilines is 1. The van der Waals surface area contributed by atoms with E-state index in [1.807, 2.05) is 6.07 Å². The van der Waals surface area contributed by atoms with Crippen molar-refractivity contribution in [2.24, 2.45) is 0 Å². The van der Waals surface area contributed by atoms with Crippen LogP contribution in [-0.4, -0.2) is 46.5 Å². The number of esters is 1. The maximum Gasteiger partial charge on any atom is 0.312 e. The molecule has 1 aromatic rings.